The lowest BCUT2D eigenvalue weighted by atomic mass is 10.0. The van der Waals surface area contributed by atoms with E-state index in [1.54, 1.807) is 18.5 Å². The SMILES string of the molecule is Cc1nn(C(C)C)c(C)c1NC(=O)C(C)(N)C(F)(F)F. The Labute approximate surface area is 115 Å². The molecule has 114 valence electrons. The van der Waals surface area contributed by atoms with E-state index in [0.717, 1.165) is 0 Å². The van der Waals surface area contributed by atoms with Gasteiger partial charge in [0.05, 0.1) is 17.1 Å². The average molecular weight is 292 g/mol. The zero-order valence-corrected chi connectivity index (χ0v) is 12.1. The second-order valence-electron chi connectivity index (χ2n) is 5.24. The Kier molecular flexibility index (Phi) is 4.19. The average Bonchev–Trinajstić information content (AvgIpc) is 2.55. The maximum absolute atomic E-state index is 12.7. The summed E-state index contributed by atoms with van der Waals surface area (Å²) in [6.07, 6.45) is -4.83. The predicted octanol–water partition coefficient (Wildman–Crippen LogP) is 2.30. The first-order valence-electron chi connectivity index (χ1n) is 6.12. The highest BCUT2D eigenvalue weighted by Gasteiger charge is 2.54. The molecule has 0 aliphatic rings. The van der Waals surface area contributed by atoms with Gasteiger partial charge in [0.15, 0.2) is 5.54 Å². The van der Waals surface area contributed by atoms with Gasteiger partial charge in [-0.15, -0.1) is 0 Å². The largest absolute Gasteiger partial charge is 0.415 e. The summed E-state index contributed by atoms with van der Waals surface area (Å²) in [7, 11) is 0. The molecule has 20 heavy (non-hydrogen) atoms. The molecule has 0 bridgehead atoms. The number of hydrogen-bond donors (Lipinski definition) is 2. The lowest BCUT2D eigenvalue weighted by molar-refractivity contribution is -0.184. The summed E-state index contributed by atoms with van der Waals surface area (Å²) in [6.45, 7) is 7.70. The molecule has 0 aromatic carbocycles. The van der Waals surface area contributed by atoms with Crippen molar-refractivity contribution >= 4 is 11.6 Å². The van der Waals surface area contributed by atoms with Gasteiger partial charge in [0.2, 0.25) is 0 Å². The number of carbonyl (C=O) groups excluding carboxylic acids is 1. The highest BCUT2D eigenvalue weighted by Crippen LogP contribution is 2.30. The van der Waals surface area contributed by atoms with Crippen molar-refractivity contribution in [2.75, 3.05) is 5.32 Å². The van der Waals surface area contributed by atoms with E-state index in [2.05, 4.69) is 10.4 Å². The molecule has 0 saturated carbocycles. The first-order chi connectivity index (χ1) is 8.89. The number of alkyl halides is 3. The van der Waals surface area contributed by atoms with Crippen LogP contribution in [0.25, 0.3) is 0 Å². The van der Waals surface area contributed by atoms with Gasteiger partial charge in [-0.1, -0.05) is 0 Å². The number of anilines is 1. The fraction of sp³-hybridized carbons (Fsp3) is 0.667. The highest BCUT2D eigenvalue weighted by molar-refractivity contribution is 5.99. The van der Waals surface area contributed by atoms with Crippen molar-refractivity contribution in [3.8, 4) is 0 Å². The van der Waals surface area contributed by atoms with Crippen molar-refractivity contribution in [1.82, 2.24) is 9.78 Å². The number of amides is 1. The summed E-state index contributed by atoms with van der Waals surface area (Å²) in [4.78, 5) is 11.8. The van der Waals surface area contributed by atoms with Gasteiger partial charge in [0.25, 0.3) is 5.91 Å². The van der Waals surface area contributed by atoms with Crippen LogP contribution in [0.1, 0.15) is 38.2 Å². The molecule has 8 heteroatoms. The van der Waals surface area contributed by atoms with Crippen molar-refractivity contribution in [3.63, 3.8) is 0 Å². The van der Waals surface area contributed by atoms with Crippen molar-refractivity contribution < 1.29 is 18.0 Å². The van der Waals surface area contributed by atoms with E-state index >= 15 is 0 Å². The van der Waals surface area contributed by atoms with Crippen LogP contribution in [0.4, 0.5) is 18.9 Å². The number of hydrogen-bond acceptors (Lipinski definition) is 3. The Hall–Kier alpha value is -1.57. The summed E-state index contributed by atoms with van der Waals surface area (Å²) in [5.41, 5.74) is 3.44. The maximum Gasteiger partial charge on any atom is 0.415 e. The Bertz CT molecular complexity index is 518. The molecule has 1 unspecified atom stereocenters. The fourth-order valence-corrected chi connectivity index (χ4v) is 1.72. The molecule has 0 radical (unpaired) electrons. The summed E-state index contributed by atoms with van der Waals surface area (Å²) in [5, 5.41) is 6.42. The molecule has 0 spiro atoms. The van der Waals surface area contributed by atoms with Gasteiger partial charge in [-0.3, -0.25) is 9.48 Å². The van der Waals surface area contributed by atoms with Crippen molar-refractivity contribution in [2.24, 2.45) is 5.73 Å². The monoisotopic (exact) mass is 292 g/mol. The molecule has 5 nitrogen and oxygen atoms in total. The van der Waals surface area contributed by atoms with Gasteiger partial charge in [0.1, 0.15) is 0 Å². The number of carbonyl (C=O) groups is 1. The number of nitrogens with two attached hydrogens (primary N) is 1. The van der Waals surface area contributed by atoms with Gasteiger partial charge in [0, 0.05) is 6.04 Å². The lowest BCUT2D eigenvalue weighted by Crippen LogP contribution is -2.59. The van der Waals surface area contributed by atoms with E-state index in [-0.39, 0.29) is 11.7 Å². The van der Waals surface area contributed by atoms with Crippen LogP contribution in [-0.2, 0) is 4.79 Å². The molecule has 0 aliphatic heterocycles. The van der Waals surface area contributed by atoms with Crippen LogP contribution in [-0.4, -0.2) is 27.4 Å². The molecular formula is C12H19F3N4O. The first-order valence-corrected chi connectivity index (χ1v) is 6.12. The molecule has 1 rings (SSSR count). The second-order valence-corrected chi connectivity index (χ2v) is 5.24. The van der Waals surface area contributed by atoms with Gasteiger partial charge < -0.3 is 11.1 Å². The molecule has 1 heterocycles. The van der Waals surface area contributed by atoms with Gasteiger partial charge in [-0.25, -0.2) is 0 Å². The van der Waals surface area contributed by atoms with E-state index in [1.165, 1.54) is 0 Å². The predicted molar refractivity (Wildman–Crippen MR) is 69.4 cm³/mol. The normalized spacial score (nSPS) is 15.3. The smallest absolute Gasteiger partial charge is 0.321 e. The molecule has 0 fully saturated rings. The lowest BCUT2D eigenvalue weighted by Gasteiger charge is -2.26. The third kappa shape index (κ3) is 2.79. The molecule has 1 atom stereocenters. The van der Waals surface area contributed by atoms with E-state index in [4.69, 9.17) is 5.73 Å². The quantitative estimate of drug-likeness (QED) is 0.897. The third-order valence-electron chi connectivity index (χ3n) is 3.11. The zero-order chi connectivity index (χ0) is 15.9. The topological polar surface area (TPSA) is 72.9 Å². The minimum atomic E-state index is -4.83. The third-order valence-corrected chi connectivity index (χ3v) is 3.11. The van der Waals surface area contributed by atoms with Crippen LogP contribution in [0.15, 0.2) is 0 Å². The van der Waals surface area contributed by atoms with Crippen LogP contribution in [0, 0.1) is 13.8 Å². The molecular weight excluding hydrogens is 273 g/mol. The maximum atomic E-state index is 12.7. The number of aromatic nitrogens is 2. The van der Waals surface area contributed by atoms with Gasteiger partial charge in [-0.05, 0) is 34.6 Å². The van der Waals surface area contributed by atoms with Crippen LogP contribution in [0.2, 0.25) is 0 Å². The Morgan fingerprint density at radius 3 is 2.20 bits per heavy atom. The van der Waals surface area contributed by atoms with Crippen molar-refractivity contribution in [3.05, 3.63) is 11.4 Å². The number of nitrogens with one attached hydrogen (secondary N) is 1. The summed E-state index contributed by atoms with van der Waals surface area (Å²) < 4.78 is 39.8. The zero-order valence-electron chi connectivity index (χ0n) is 12.1. The van der Waals surface area contributed by atoms with E-state index in [9.17, 15) is 18.0 Å². The molecule has 0 saturated heterocycles. The van der Waals surface area contributed by atoms with Crippen LogP contribution in [0.3, 0.4) is 0 Å². The van der Waals surface area contributed by atoms with Crippen LogP contribution < -0.4 is 11.1 Å². The van der Waals surface area contributed by atoms with E-state index in [1.807, 2.05) is 13.8 Å². The van der Waals surface area contributed by atoms with Crippen molar-refractivity contribution in [1.29, 1.82) is 0 Å². The van der Waals surface area contributed by atoms with Crippen LogP contribution in [0.5, 0.6) is 0 Å². The van der Waals surface area contributed by atoms with E-state index in [0.29, 0.717) is 18.3 Å². The molecule has 1 amide bonds. The Morgan fingerprint density at radius 2 is 1.85 bits per heavy atom. The number of halogens is 3. The van der Waals surface area contributed by atoms with E-state index < -0.39 is 17.6 Å². The Balaban J connectivity index is 3.09. The standard InChI is InChI=1S/C12H19F3N4O/c1-6(2)19-8(4)9(7(3)18-19)17-10(20)11(5,16)12(13,14)15/h6H,16H2,1-5H3,(H,17,20). The summed E-state index contributed by atoms with van der Waals surface area (Å²) in [6, 6.07) is 0.0335. The summed E-state index contributed by atoms with van der Waals surface area (Å²) >= 11 is 0. The number of aryl methyl sites for hydroxylation is 1. The Morgan fingerprint density at radius 1 is 1.35 bits per heavy atom. The fourth-order valence-electron chi connectivity index (χ4n) is 1.72. The molecule has 3 N–H and O–H groups in total. The number of nitrogens with zero attached hydrogens (tertiary/aromatic N) is 2. The number of rotatable bonds is 3. The highest BCUT2D eigenvalue weighted by atomic mass is 19.4. The molecule has 1 aromatic rings. The second kappa shape index (κ2) is 5.08. The van der Waals surface area contributed by atoms with Crippen molar-refractivity contribution in [2.45, 2.75) is 52.4 Å². The minimum Gasteiger partial charge on any atom is -0.321 e. The van der Waals surface area contributed by atoms with Gasteiger partial charge in [-0.2, -0.15) is 18.3 Å². The van der Waals surface area contributed by atoms with Gasteiger partial charge >= 0.3 is 6.18 Å². The van der Waals surface area contributed by atoms with Crippen LogP contribution >= 0.6 is 0 Å². The molecule has 1 aromatic heterocycles. The molecule has 0 aliphatic carbocycles. The minimum absolute atomic E-state index is 0.0335. The summed E-state index contributed by atoms with van der Waals surface area (Å²) in [5.74, 6) is -1.31. The first kappa shape index (κ1) is 16.5.